The summed E-state index contributed by atoms with van der Waals surface area (Å²) in [6.07, 6.45) is 2.32. The fourth-order valence-corrected chi connectivity index (χ4v) is 3.44. The van der Waals surface area contributed by atoms with Crippen LogP contribution in [0.1, 0.15) is 46.1 Å². The molecule has 0 radical (unpaired) electrons. The Morgan fingerprint density at radius 3 is 2.36 bits per heavy atom. The molecule has 4 aromatic rings. The minimum Gasteiger partial charge on any atom is -0.324 e. The zero-order valence-corrected chi connectivity index (χ0v) is 15.5. The summed E-state index contributed by atoms with van der Waals surface area (Å²) in [4.78, 5) is 9.93. The van der Waals surface area contributed by atoms with Crippen molar-refractivity contribution >= 4 is 33.1 Å². The third kappa shape index (κ3) is 2.68. The molecule has 0 atom stereocenters. The van der Waals surface area contributed by atoms with Crippen LogP contribution in [0.4, 0.5) is 0 Å². The molecule has 0 aliphatic heterocycles. The molecule has 0 spiro atoms. The quantitative estimate of drug-likeness (QED) is 0.472. The number of rotatable bonds is 3. The second-order valence-corrected chi connectivity index (χ2v) is 7.87. The SMILES string of the molecule is CCCCn1c2ccc(C(C)(C)C)cc2c2nc3ccccc3nc21. The highest BCUT2D eigenvalue weighted by molar-refractivity contribution is 6.06. The zero-order chi connectivity index (χ0) is 17.6. The van der Waals surface area contributed by atoms with E-state index in [0.29, 0.717) is 0 Å². The van der Waals surface area contributed by atoms with E-state index in [2.05, 4.69) is 50.5 Å². The highest BCUT2D eigenvalue weighted by Gasteiger charge is 2.19. The van der Waals surface area contributed by atoms with Crippen molar-refractivity contribution in [3.05, 3.63) is 48.0 Å². The molecular formula is C22H25N3. The summed E-state index contributed by atoms with van der Waals surface area (Å²) in [5, 5.41) is 1.22. The average molecular weight is 331 g/mol. The summed E-state index contributed by atoms with van der Waals surface area (Å²) in [7, 11) is 0. The molecule has 4 rings (SSSR count). The molecule has 3 nitrogen and oxygen atoms in total. The molecule has 25 heavy (non-hydrogen) atoms. The fourth-order valence-electron chi connectivity index (χ4n) is 3.44. The predicted octanol–water partition coefficient (Wildman–Crippen LogP) is 5.84. The van der Waals surface area contributed by atoms with Crippen LogP contribution in [0.5, 0.6) is 0 Å². The Balaban J connectivity index is 2.09. The topological polar surface area (TPSA) is 30.7 Å². The van der Waals surface area contributed by atoms with Gasteiger partial charge in [-0.05, 0) is 41.7 Å². The first-order valence-corrected chi connectivity index (χ1v) is 9.18. The summed E-state index contributed by atoms with van der Waals surface area (Å²) in [6.45, 7) is 9.98. The normalized spacial score (nSPS) is 12.5. The van der Waals surface area contributed by atoms with E-state index in [1.54, 1.807) is 0 Å². The molecule has 0 aliphatic rings. The van der Waals surface area contributed by atoms with Crippen LogP contribution in [-0.2, 0) is 12.0 Å². The molecule has 2 aromatic carbocycles. The van der Waals surface area contributed by atoms with Gasteiger partial charge in [0.1, 0.15) is 5.52 Å². The van der Waals surface area contributed by atoms with Gasteiger partial charge >= 0.3 is 0 Å². The van der Waals surface area contributed by atoms with Gasteiger partial charge in [-0.25, -0.2) is 9.97 Å². The lowest BCUT2D eigenvalue weighted by atomic mass is 9.86. The van der Waals surface area contributed by atoms with E-state index < -0.39 is 0 Å². The summed E-state index contributed by atoms with van der Waals surface area (Å²) in [5.74, 6) is 0. The highest BCUT2D eigenvalue weighted by atomic mass is 15.1. The number of unbranched alkanes of at least 4 members (excludes halogenated alkanes) is 1. The lowest BCUT2D eigenvalue weighted by Crippen LogP contribution is -2.10. The van der Waals surface area contributed by atoms with Gasteiger partial charge in [0.25, 0.3) is 0 Å². The van der Waals surface area contributed by atoms with Gasteiger partial charge in [-0.1, -0.05) is 52.3 Å². The maximum Gasteiger partial charge on any atom is 0.160 e. The van der Waals surface area contributed by atoms with Crippen molar-refractivity contribution in [3.63, 3.8) is 0 Å². The van der Waals surface area contributed by atoms with Crippen molar-refractivity contribution < 1.29 is 0 Å². The van der Waals surface area contributed by atoms with Crippen molar-refractivity contribution in [2.75, 3.05) is 0 Å². The van der Waals surface area contributed by atoms with Crippen LogP contribution in [0.15, 0.2) is 42.5 Å². The Bertz CT molecular complexity index is 1070. The molecule has 3 heteroatoms. The van der Waals surface area contributed by atoms with Gasteiger partial charge in [-0.15, -0.1) is 0 Å². The molecule has 128 valence electrons. The summed E-state index contributed by atoms with van der Waals surface area (Å²) in [5.41, 5.74) is 6.66. The van der Waals surface area contributed by atoms with E-state index in [1.807, 2.05) is 24.3 Å². The summed E-state index contributed by atoms with van der Waals surface area (Å²) >= 11 is 0. The van der Waals surface area contributed by atoms with Crippen LogP contribution >= 0.6 is 0 Å². The molecule has 0 amide bonds. The number of aromatic nitrogens is 3. The van der Waals surface area contributed by atoms with Crippen LogP contribution in [0.25, 0.3) is 33.1 Å². The molecule has 0 unspecified atom stereocenters. The first-order valence-electron chi connectivity index (χ1n) is 9.18. The van der Waals surface area contributed by atoms with Gasteiger partial charge in [-0.3, -0.25) is 0 Å². The van der Waals surface area contributed by atoms with E-state index >= 15 is 0 Å². The van der Waals surface area contributed by atoms with E-state index in [4.69, 9.17) is 9.97 Å². The number of nitrogens with zero attached hydrogens (tertiary/aromatic N) is 3. The van der Waals surface area contributed by atoms with Crippen LogP contribution in [0, 0.1) is 0 Å². The molecule has 0 bridgehead atoms. The second-order valence-electron chi connectivity index (χ2n) is 7.87. The Kier molecular flexibility index (Phi) is 3.75. The van der Waals surface area contributed by atoms with E-state index in [-0.39, 0.29) is 5.41 Å². The standard InChI is InChI=1S/C22H25N3/c1-5-6-13-25-19-12-11-15(22(2,3)4)14-16(19)20-21(25)24-18-10-8-7-9-17(18)23-20/h7-12,14H,5-6,13H2,1-4H3. The molecule has 0 saturated carbocycles. The van der Waals surface area contributed by atoms with Crippen LogP contribution in [0.3, 0.4) is 0 Å². The molecule has 0 fully saturated rings. The number of hydrogen-bond donors (Lipinski definition) is 0. The van der Waals surface area contributed by atoms with Gasteiger partial charge in [0.05, 0.1) is 16.6 Å². The van der Waals surface area contributed by atoms with Crippen molar-refractivity contribution in [2.24, 2.45) is 0 Å². The van der Waals surface area contributed by atoms with Gasteiger partial charge < -0.3 is 4.57 Å². The third-order valence-electron chi connectivity index (χ3n) is 4.95. The Morgan fingerprint density at radius 2 is 1.68 bits per heavy atom. The number of aryl methyl sites for hydroxylation is 1. The number of para-hydroxylation sites is 2. The highest BCUT2D eigenvalue weighted by Crippen LogP contribution is 2.32. The molecule has 0 aliphatic carbocycles. The first kappa shape index (κ1) is 16.1. The smallest absolute Gasteiger partial charge is 0.160 e. The Labute approximate surface area is 148 Å². The van der Waals surface area contributed by atoms with Crippen LogP contribution in [-0.4, -0.2) is 14.5 Å². The van der Waals surface area contributed by atoms with Crippen LogP contribution in [0.2, 0.25) is 0 Å². The lowest BCUT2D eigenvalue weighted by molar-refractivity contribution is 0.591. The monoisotopic (exact) mass is 331 g/mol. The van der Waals surface area contributed by atoms with Crippen LogP contribution < -0.4 is 0 Å². The zero-order valence-electron chi connectivity index (χ0n) is 15.5. The fraction of sp³-hybridized carbons (Fsp3) is 0.364. The largest absolute Gasteiger partial charge is 0.324 e. The number of fused-ring (bicyclic) bond motifs is 4. The van der Waals surface area contributed by atoms with E-state index in [9.17, 15) is 0 Å². The molecular weight excluding hydrogens is 306 g/mol. The van der Waals surface area contributed by atoms with Gasteiger partial charge in [0.15, 0.2) is 5.65 Å². The van der Waals surface area contributed by atoms with E-state index in [1.165, 1.54) is 22.9 Å². The third-order valence-corrected chi connectivity index (χ3v) is 4.95. The molecule has 0 saturated heterocycles. The molecule has 0 N–H and O–H groups in total. The first-order chi connectivity index (χ1) is 12.0. The molecule has 2 aromatic heterocycles. The van der Waals surface area contributed by atoms with Crippen molar-refractivity contribution in [1.29, 1.82) is 0 Å². The lowest BCUT2D eigenvalue weighted by Gasteiger charge is -2.19. The minimum absolute atomic E-state index is 0.121. The summed E-state index contributed by atoms with van der Waals surface area (Å²) in [6, 6.07) is 15.0. The van der Waals surface area contributed by atoms with Gasteiger partial charge in [-0.2, -0.15) is 0 Å². The average Bonchev–Trinajstić information content (AvgIpc) is 2.89. The Hall–Kier alpha value is -2.42. The van der Waals surface area contributed by atoms with Gasteiger partial charge in [0.2, 0.25) is 0 Å². The number of benzene rings is 2. The van der Waals surface area contributed by atoms with E-state index in [0.717, 1.165) is 35.2 Å². The maximum atomic E-state index is 4.97. The van der Waals surface area contributed by atoms with Crippen molar-refractivity contribution in [2.45, 2.75) is 52.5 Å². The minimum atomic E-state index is 0.121. The maximum absolute atomic E-state index is 4.97. The summed E-state index contributed by atoms with van der Waals surface area (Å²) < 4.78 is 2.35. The second kappa shape index (κ2) is 5.83. The predicted molar refractivity (Wildman–Crippen MR) is 106 cm³/mol. The number of hydrogen-bond acceptors (Lipinski definition) is 2. The Morgan fingerprint density at radius 1 is 0.960 bits per heavy atom. The van der Waals surface area contributed by atoms with Crippen molar-refractivity contribution in [3.8, 4) is 0 Å². The van der Waals surface area contributed by atoms with Gasteiger partial charge in [0, 0.05) is 11.9 Å². The van der Waals surface area contributed by atoms with Crippen molar-refractivity contribution in [1.82, 2.24) is 14.5 Å². The molecule has 2 heterocycles.